The number of terminal acetylenes is 1. The first kappa shape index (κ1) is 45.6. The Bertz CT molecular complexity index is 2190. The Kier molecular flexibility index (Phi) is 18.4. The van der Waals surface area contributed by atoms with E-state index in [2.05, 4.69) is 107 Å². The Hall–Kier alpha value is -3.57. The normalized spacial score (nSPS) is 10.6. The molecule has 0 aliphatic rings. The zero-order valence-electron chi connectivity index (χ0n) is 30.9. The molecule has 0 bridgehead atoms. The topological polar surface area (TPSA) is 138 Å². The van der Waals surface area contributed by atoms with Crippen LogP contribution in [0.2, 0.25) is 59.4 Å². The molecule has 0 aliphatic heterocycles. The fourth-order valence-electron chi connectivity index (χ4n) is 3.65. The van der Waals surface area contributed by atoms with Gasteiger partial charge < -0.3 is 26.3 Å². The molecule has 0 fully saturated rings. The molecule has 53 heavy (non-hydrogen) atoms. The average molecular weight is 893 g/mol. The number of hydrogen-bond acceptors (Lipinski definition) is 7. The molecule has 280 valence electrons. The third-order valence-corrected chi connectivity index (χ3v) is 9.35. The number of pyridine rings is 4. The molecule has 0 atom stereocenters. The monoisotopic (exact) mass is 889 g/mol. The van der Waals surface area contributed by atoms with Crippen LogP contribution >= 0.6 is 62.3 Å². The molecule has 6 heterocycles. The molecule has 0 unspecified atom stereocenters. The first-order chi connectivity index (χ1) is 24.7. The summed E-state index contributed by atoms with van der Waals surface area (Å²) in [6.07, 6.45) is 15.3. The summed E-state index contributed by atoms with van der Waals surface area (Å²) in [6.45, 7) is 13.8. The lowest BCUT2D eigenvalue weighted by molar-refractivity contribution is 0.404. The number of halogens is 5. The molecule has 6 rings (SSSR count). The van der Waals surface area contributed by atoms with Crippen LogP contribution in [0.4, 0.5) is 11.4 Å². The number of nitrogens with one attached hydrogen (secondary N) is 2. The summed E-state index contributed by atoms with van der Waals surface area (Å²) in [5.41, 5.74) is 23.9. The highest BCUT2D eigenvalue weighted by Crippen LogP contribution is 2.21. The van der Waals surface area contributed by atoms with Crippen LogP contribution in [0.15, 0.2) is 72.1 Å². The standard InChI is InChI=1S/C10H12ClN3.C10H13ClN2Si.C7H5ClN2.C5H4BrClN2.C5H10Si/c1-14(2)6-7-4-12-9-3-8(11)5-13-10(7)9;1-14(2,3)5-4-10-9(12)6-8(11)7-13-10;8-5-3-7-6(10-4-5)1-2-9-7;6-5-4(8)1-3(7)2-9-5;1-5-6(2,3)4/h3-5,12H,6H2,1-2H3;6-7H,12H2,1-3H3;1-4,9H;1-2H,8H2;1H,2-4H3. The van der Waals surface area contributed by atoms with Crippen LogP contribution < -0.4 is 11.5 Å². The maximum atomic E-state index is 5.84. The van der Waals surface area contributed by atoms with Crippen molar-refractivity contribution in [3.05, 3.63) is 103 Å². The molecule has 0 radical (unpaired) electrons. The van der Waals surface area contributed by atoms with Crippen LogP contribution in [0.1, 0.15) is 11.3 Å². The number of aromatic amines is 2. The predicted molar refractivity (Wildman–Crippen MR) is 237 cm³/mol. The van der Waals surface area contributed by atoms with Crippen LogP contribution in [-0.2, 0) is 6.54 Å². The fraction of sp³-hybridized carbons (Fsp3) is 0.243. The summed E-state index contributed by atoms with van der Waals surface area (Å²) < 4.78 is 0.631. The van der Waals surface area contributed by atoms with Gasteiger partial charge in [0, 0.05) is 49.3 Å². The van der Waals surface area contributed by atoms with Crippen molar-refractivity contribution in [2.75, 3.05) is 25.6 Å². The molecule has 0 spiro atoms. The molecule has 6 N–H and O–H groups in total. The number of fused-ring (bicyclic) bond motifs is 2. The van der Waals surface area contributed by atoms with Crippen molar-refractivity contribution in [3.8, 4) is 23.4 Å². The van der Waals surface area contributed by atoms with E-state index >= 15 is 0 Å². The minimum atomic E-state index is -1.37. The predicted octanol–water partition coefficient (Wildman–Crippen LogP) is 10.6. The molecule has 0 aromatic carbocycles. The lowest BCUT2D eigenvalue weighted by Gasteiger charge is -2.07. The molecule has 9 nitrogen and oxygen atoms in total. The number of H-pyrrole nitrogens is 2. The third kappa shape index (κ3) is 17.9. The van der Waals surface area contributed by atoms with E-state index in [-0.39, 0.29) is 0 Å². The van der Waals surface area contributed by atoms with Gasteiger partial charge in [0.1, 0.15) is 26.4 Å². The Morgan fingerprint density at radius 1 is 0.755 bits per heavy atom. The minimum Gasteiger partial charge on any atom is -0.396 e. The van der Waals surface area contributed by atoms with Crippen molar-refractivity contribution >= 4 is 112 Å². The Labute approximate surface area is 342 Å². The van der Waals surface area contributed by atoms with E-state index in [1.165, 1.54) is 11.8 Å². The number of aromatic nitrogens is 6. The summed E-state index contributed by atoms with van der Waals surface area (Å²) in [6, 6.07) is 8.96. The van der Waals surface area contributed by atoms with E-state index < -0.39 is 16.1 Å². The second-order valence-electron chi connectivity index (χ2n) is 13.7. The molecule has 6 aromatic rings. The van der Waals surface area contributed by atoms with Gasteiger partial charge >= 0.3 is 0 Å². The Balaban J connectivity index is 0.000000236. The second-order valence-corrected chi connectivity index (χ2v) is 25.7. The van der Waals surface area contributed by atoms with Crippen molar-refractivity contribution in [3.63, 3.8) is 0 Å². The minimum absolute atomic E-state index is 0.543. The van der Waals surface area contributed by atoms with Gasteiger partial charge in [-0.15, -0.1) is 17.5 Å². The van der Waals surface area contributed by atoms with Gasteiger partial charge in [-0.2, -0.15) is 0 Å². The molecule has 16 heteroatoms. The van der Waals surface area contributed by atoms with Crippen molar-refractivity contribution < 1.29 is 0 Å². The van der Waals surface area contributed by atoms with E-state index in [0.29, 0.717) is 41.8 Å². The molecule has 6 aromatic heterocycles. The maximum Gasteiger partial charge on any atom is 0.135 e. The average Bonchev–Trinajstić information content (AvgIpc) is 3.69. The summed E-state index contributed by atoms with van der Waals surface area (Å²) in [5, 5.41) is 2.42. The molecule has 0 amide bonds. The van der Waals surface area contributed by atoms with Gasteiger partial charge in [0.25, 0.3) is 0 Å². The lowest BCUT2D eigenvalue weighted by atomic mass is 10.2. The van der Waals surface area contributed by atoms with Crippen molar-refractivity contribution in [2.45, 2.75) is 45.8 Å². The number of nitrogens with zero attached hydrogens (tertiary/aromatic N) is 5. The van der Waals surface area contributed by atoms with Crippen LogP contribution in [0, 0.1) is 23.4 Å². The van der Waals surface area contributed by atoms with E-state index in [0.717, 1.165) is 28.6 Å². The van der Waals surface area contributed by atoms with Crippen LogP contribution in [0.3, 0.4) is 0 Å². The van der Waals surface area contributed by atoms with Crippen molar-refractivity contribution in [2.24, 2.45) is 0 Å². The van der Waals surface area contributed by atoms with Gasteiger partial charge in [-0.1, -0.05) is 91.6 Å². The lowest BCUT2D eigenvalue weighted by Crippen LogP contribution is -2.16. The SMILES string of the molecule is C#C[Si](C)(C)C.CN(C)Cc1c[nH]c2cc(Cl)cnc12.C[Si](C)(C)C#Cc1ncc(Cl)cc1N.Clc1cnc2cc[nH]c2c1.Nc1cc(Cl)cnc1Br. The van der Waals surface area contributed by atoms with Gasteiger partial charge in [-0.25, -0.2) is 9.97 Å². The number of nitrogen functional groups attached to an aromatic ring is 2. The van der Waals surface area contributed by atoms with E-state index in [4.69, 9.17) is 64.3 Å². The fourth-order valence-corrected chi connectivity index (χ4v) is 5.01. The highest BCUT2D eigenvalue weighted by atomic mass is 79.9. The van der Waals surface area contributed by atoms with Crippen LogP contribution in [0.5, 0.6) is 0 Å². The zero-order valence-corrected chi connectivity index (χ0v) is 37.5. The largest absolute Gasteiger partial charge is 0.396 e. The maximum absolute atomic E-state index is 5.84. The smallest absolute Gasteiger partial charge is 0.135 e. The van der Waals surface area contributed by atoms with E-state index in [1.807, 2.05) is 44.7 Å². The second kappa shape index (κ2) is 21.4. The molecule has 0 aliphatic carbocycles. The van der Waals surface area contributed by atoms with Gasteiger partial charge in [0.05, 0.1) is 53.5 Å². The number of nitrogens with two attached hydrogens (primary N) is 2. The van der Waals surface area contributed by atoms with Crippen molar-refractivity contribution in [1.82, 2.24) is 34.8 Å². The Morgan fingerprint density at radius 2 is 1.28 bits per heavy atom. The summed E-state index contributed by atoms with van der Waals surface area (Å²) in [5.74, 6) is 3.00. The summed E-state index contributed by atoms with van der Waals surface area (Å²) >= 11 is 25.9. The first-order valence-electron chi connectivity index (χ1n) is 16.0. The van der Waals surface area contributed by atoms with Crippen LogP contribution in [-0.4, -0.2) is 65.0 Å². The quantitative estimate of drug-likeness (QED) is 0.0771. The zero-order chi connectivity index (χ0) is 39.9. The molecule has 0 saturated carbocycles. The van der Waals surface area contributed by atoms with Gasteiger partial charge in [0.15, 0.2) is 0 Å². The number of rotatable bonds is 2. The Morgan fingerprint density at radius 3 is 1.81 bits per heavy atom. The molecule has 0 saturated heterocycles. The highest BCUT2D eigenvalue weighted by molar-refractivity contribution is 9.10. The van der Waals surface area contributed by atoms with Crippen LogP contribution in [0.25, 0.3) is 22.1 Å². The highest BCUT2D eigenvalue weighted by Gasteiger charge is 2.09. The summed E-state index contributed by atoms with van der Waals surface area (Å²) in [4.78, 5) is 24.6. The number of anilines is 2. The first-order valence-corrected chi connectivity index (χ1v) is 25.3. The third-order valence-electron chi connectivity index (χ3n) is 6.12. The number of hydrogen-bond donors (Lipinski definition) is 4. The van der Waals surface area contributed by atoms with E-state index in [9.17, 15) is 0 Å². The van der Waals surface area contributed by atoms with Crippen molar-refractivity contribution in [1.29, 1.82) is 0 Å². The molecular formula is C37H44BrCl4N9Si2. The van der Waals surface area contributed by atoms with E-state index in [1.54, 1.807) is 30.7 Å². The van der Waals surface area contributed by atoms with Gasteiger partial charge in [0.2, 0.25) is 0 Å². The summed E-state index contributed by atoms with van der Waals surface area (Å²) in [7, 11) is 1.60. The van der Waals surface area contributed by atoms with Gasteiger partial charge in [-0.05, 0) is 60.4 Å². The molecular weight excluding hydrogens is 848 g/mol. The van der Waals surface area contributed by atoms with Gasteiger partial charge in [-0.3, -0.25) is 9.97 Å².